The van der Waals surface area contributed by atoms with Crippen LogP contribution in [0.2, 0.25) is 0 Å². The summed E-state index contributed by atoms with van der Waals surface area (Å²) in [6, 6.07) is 4.27. The molecule has 1 aromatic rings. The highest BCUT2D eigenvalue weighted by Crippen LogP contribution is 2.13. The fourth-order valence-corrected chi connectivity index (χ4v) is 1.67. The van der Waals surface area contributed by atoms with E-state index in [0.717, 1.165) is 26.2 Å². The summed E-state index contributed by atoms with van der Waals surface area (Å²) in [4.78, 5) is 2.41. The fourth-order valence-electron chi connectivity index (χ4n) is 1.67. The van der Waals surface area contributed by atoms with Crippen molar-refractivity contribution in [1.82, 2.24) is 9.88 Å². The van der Waals surface area contributed by atoms with Crippen LogP contribution in [-0.2, 0) is 7.05 Å². The van der Waals surface area contributed by atoms with Crippen LogP contribution < -0.4 is 10.2 Å². The van der Waals surface area contributed by atoms with E-state index >= 15 is 0 Å². The molecule has 3 nitrogen and oxygen atoms in total. The van der Waals surface area contributed by atoms with Gasteiger partial charge >= 0.3 is 0 Å². The molecule has 0 spiro atoms. The molecule has 1 N–H and O–H groups in total. The molecule has 1 fully saturated rings. The Morgan fingerprint density at radius 3 is 2.67 bits per heavy atom. The molecule has 1 saturated heterocycles. The predicted octanol–water partition coefficient (Wildman–Crippen LogP) is 0.435. The largest absolute Gasteiger partial charge is 0.355 e. The maximum atomic E-state index is 3.35. The van der Waals surface area contributed by atoms with Gasteiger partial charge in [-0.3, -0.25) is 0 Å². The number of hydrogen-bond donors (Lipinski definition) is 1. The van der Waals surface area contributed by atoms with Gasteiger partial charge in [-0.25, -0.2) is 0 Å². The third-order valence-corrected chi connectivity index (χ3v) is 2.36. The normalized spacial score (nSPS) is 18.2. The van der Waals surface area contributed by atoms with E-state index in [1.165, 1.54) is 5.82 Å². The Kier molecular flexibility index (Phi) is 2.04. The average molecular weight is 165 g/mol. The first kappa shape index (κ1) is 7.68. The van der Waals surface area contributed by atoms with Gasteiger partial charge in [-0.05, 0) is 12.1 Å². The Morgan fingerprint density at radius 1 is 1.33 bits per heavy atom. The Balaban J connectivity index is 2.13. The highest BCUT2D eigenvalue weighted by atomic mass is 15.3. The number of anilines is 1. The number of aromatic nitrogens is 1. The molecule has 1 aliphatic rings. The highest BCUT2D eigenvalue weighted by Gasteiger charge is 2.11. The minimum absolute atomic E-state index is 1.10. The summed E-state index contributed by atoms with van der Waals surface area (Å²) in [6.45, 7) is 4.45. The van der Waals surface area contributed by atoms with Crippen molar-refractivity contribution < 1.29 is 0 Å². The van der Waals surface area contributed by atoms with E-state index in [4.69, 9.17) is 0 Å². The summed E-state index contributed by atoms with van der Waals surface area (Å²) in [5, 5.41) is 3.35. The lowest BCUT2D eigenvalue weighted by Crippen LogP contribution is -2.44. The summed E-state index contributed by atoms with van der Waals surface area (Å²) >= 11 is 0. The van der Waals surface area contributed by atoms with E-state index in [1.807, 2.05) is 0 Å². The first-order valence-electron chi connectivity index (χ1n) is 4.45. The van der Waals surface area contributed by atoms with Gasteiger partial charge in [0.1, 0.15) is 5.82 Å². The lowest BCUT2D eigenvalue weighted by Gasteiger charge is -2.29. The minimum atomic E-state index is 1.10. The summed E-state index contributed by atoms with van der Waals surface area (Å²) in [7, 11) is 2.09. The highest BCUT2D eigenvalue weighted by molar-refractivity contribution is 5.40. The van der Waals surface area contributed by atoms with E-state index in [-0.39, 0.29) is 0 Å². The Bertz CT molecular complexity index is 248. The Hall–Kier alpha value is -0.960. The molecular formula is C9H15N3. The molecule has 0 amide bonds. The van der Waals surface area contributed by atoms with E-state index < -0.39 is 0 Å². The topological polar surface area (TPSA) is 20.2 Å². The number of piperazine rings is 1. The van der Waals surface area contributed by atoms with Crippen molar-refractivity contribution in [2.75, 3.05) is 31.1 Å². The molecule has 0 bridgehead atoms. The van der Waals surface area contributed by atoms with Crippen LogP contribution >= 0.6 is 0 Å². The first-order valence-corrected chi connectivity index (χ1v) is 4.45. The second kappa shape index (κ2) is 3.19. The van der Waals surface area contributed by atoms with Gasteiger partial charge in [0.15, 0.2) is 0 Å². The van der Waals surface area contributed by atoms with Gasteiger partial charge in [0, 0.05) is 39.4 Å². The second-order valence-electron chi connectivity index (χ2n) is 3.21. The van der Waals surface area contributed by atoms with E-state index in [0.29, 0.717) is 0 Å². The smallest absolute Gasteiger partial charge is 0.108 e. The maximum absolute atomic E-state index is 3.35. The summed E-state index contributed by atoms with van der Waals surface area (Å²) in [5.41, 5.74) is 0. The van der Waals surface area contributed by atoms with Crippen molar-refractivity contribution in [3.63, 3.8) is 0 Å². The lowest BCUT2D eigenvalue weighted by atomic mass is 10.3. The van der Waals surface area contributed by atoms with Gasteiger partial charge in [-0.1, -0.05) is 0 Å². The van der Waals surface area contributed by atoms with Crippen LogP contribution in [0, 0.1) is 0 Å². The maximum Gasteiger partial charge on any atom is 0.108 e. The van der Waals surface area contributed by atoms with Crippen molar-refractivity contribution in [3.8, 4) is 0 Å². The van der Waals surface area contributed by atoms with Crippen molar-refractivity contribution in [2.24, 2.45) is 7.05 Å². The lowest BCUT2D eigenvalue weighted by molar-refractivity contribution is 0.579. The van der Waals surface area contributed by atoms with Gasteiger partial charge in [0.05, 0.1) is 0 Å². The van der Waals surface area contributed by atoms with Gasteiger partial charge < -0.3 is 14.8 Å². The third-order valence-electron chi connectivity index (χ3n) is 2.36. The number of hydrogen-bond acceptors (Lipinski definition) is 2. The second-order valence-corrected chi connectivity index (χ2v) is 3.21. The van der Waals surface area contributed by atoms with E-state index in [1.54, 1.807) is 0 Å². The molecule has 0 atom stereocenters. The molecule has 0 aromatic carbocycles. The Morgan fingerprint density at radius 2 is 2.08 bits per heavy atom. The zero-order valence-corrected chi connectivity index (χ0v) is 7.45. The standard InChI is InChI=1S/C9H15N3/c1-11-6-2-3-9(11)12-7-4-10-5-8-12/h2-3,6,10H,4-5,7-8H2,1H3. The van der Waals surface area contributed by atoms with Crippen molar-refractivity contribution in [2.45, 2.75) is 0 Å². The van der Waals surface area contributed by atoms with Crippen LogP contribution in [0.5, 0.6) is 0 Å². The average Bonchev–Trinajstić information content (AvgIpc) is 2.53. The SMILES string of the molecule is Cn1cccc1N1CCNCC1. The molecule has 0 radical (unpaired) electrons. The van der Waals surface area contributed by atoms with E-state index in [2.05, 4.69) is 40.2 Å². The molecule has 12 heavy (non-hydrogen) atoms. The quantitative estimate of drug-likeness (QED) is 0.651. The summed E-state index contributed by atoms with van der Waals surface area (Å²) in [6.07, 6.45) is 2.09. The third kappa shape index (κ3) is 1.32. The summed E-state index contributed by atoms with van der Waals surface area (Å²) in [5.74, 6) is 1.33. The van der Waals surface area contributed by atoms with Crippen LogP contribution in [0.15, 0.2) is 18.3 Å². The fraction of sp³-hybridized carbons (Fsp3) is 0.556. The predicted molar refractivity (Wildman–Crippen MR) is 50.5 cm³/mol. The summed E-state index contributed by atoms with van der Waals surface area (Å²) < 4.78 is 2.17. The molecule has 0 saturated carbocycles. The zero-order valence-electron chi connectivity index (χ0n) is 7.45. The molecule has 1 aromatic heterocycles. The van der Waals surface area contributed by atoms with Crippen molar-refractivity contribution >= 4 is 5.82 Å². The molecule has 0 unspecified atom stereocenters. The van der Waals surface area contributed by atoms with Crippen LogP contribution in [0.3, 0.4) is 0 Å². The van der Waals surface area contributed by atoms with Crippen molar-refractivity contribution in [3.05, 3.63) is 18.3 Å². The Labute approximate surface area is 73.0 Å². The molecular weight excluding hydrogens is 150 g/mol. The van der Waals surface area contributed by atoms with Crippen LogP contribution in [0.4, 0.5) is 5.82 Å². The number of nitrogens with one attached hydrogen (secondary N) is 1. The molecule has 66 valence electrons. The van der Waals surface area contributed by atoms with Crippen LogP contribution in [-0.4, -0.2) is 30.7 Å². The van der Waals surface area contributed by atoms with Gasteiger partial charge in [-0.15, -0.1) is 0 Å². The molecule has 1 aliphatic heterocycles. The first-order chi connectivity index (χ1) is 5.88. The van der Waals surface area contributed by atoms with Crippen LogP contribution in [0.25, 0.3) is 0 Å². The van der Waals surface area contributed by atoms with E-state index in [9.17, 15) is 0 Å². The molecule has 3 heteroatoms. The van der Waals surface area contributed by atoms with Gasteiger partial charge in [-0.2, -0.15) is 0 Å². The molecule has 2 rings (SSSR count). The van der Waals surface area contributed by atoms with Gasteiger partial charge in [0.2, 0.25) is 0 Å². The number of rotatable bonds is 1. The van der Waals surface area contributed by atoms with Crippen LogP contribution in [0.1, 0.15) is 0 Å². The zero-order chi connectivity index (χ0) is 8.39. The number of aryl methyl sites for hydroxylation is 1. The van der Waals surface area contributed by atoms with Crippen molar-refractivity contribution in [1.29, 1.82) is 0 Å². The molecule has 0 aliphatic carbocycles. The van der Waals surface area contributed by atoms with Gasteiger partial charge in [0.25, 0.3) is 0 Å². The molecule has 2 heterocycles. The minimum Gasteiger partial charge on any atom is -0.355 e. The number of nitrogens with zero attached hydrogens (tertiary/aromatic N) is 2. The monoisotopic (exact) mass is 165 g/mol.